The van der Waals surface area contributed by atoms with Crippen LogP contribution in [0.2, 0.25) is 0 Å². The van der Waals surface area contributed by atoms with Crippen molar-refractivity contribution in [2.75, 3.05) is 26.8 Å². The fourth-order valence-electron chi connectivity index (χ4n) is 2.41. The van der Waals surface area contributed by atoms with Gasteiger partial charge in [0.2, 0.25) is 0 Å². The van der Waals surface area contributed by atoms with Crippen molar-refractivity contribution in [3.05, 3.63) is 34.1 Å². The summed E-state index contributed by atoms with van der Waals surface area (Å²) in [6.45, 7) is 6.78. The van der Waals surface area contributed by atoms with Gasteiger partial charge in [0.15, 0.2) is 0 Å². The topological polar surface area (TPSA) is 21.3 Å². The highest BCUT2D eigenvalue weighted by Gasteiger charge is 2.27. The van der Waals surface area contributed by atoms with Crippen molar-refractivity contribution in [2.45, 2.75) is 33.1 Å². The maximum Gasteiger partial charge on any atom is 0.127 e. The van der Waals surface area contributed by atoms with E-state index in [2.05, 4.69) is 35.1 Å². The molecule has 0 heterocycles. The number of hydrogen-bond acceptors (Lipinski definition) is 2. The standard InChI is InChI=1S/C16H25BrFNO/c1-4-16(5-2,12-19-8-9-20-3)11-13-6-7-14(17)10-15(13)18/h6-7,10,19H,4-5,8-9,11-12H2,1-3H3. The van der Waals surface area contributed by atoms with E-state index in [4.69, 9.17) is 4.74 Å². The SMILES string of the molecule is CCC(CC)(CNCCOC)Cc1ccc(Br)cc1F. The molecule has 0 saturated carbocycles. The zero-order valence-corrected chi connectivity index (χ0v) is 14.2. The Hall–Kier alpha value is -0.450. The Labute approximate surface area is 130 Å². The number of ether oxygens (including phenoxy) is 1. The van der Waals surface area contributed by atoms with Gasteiger partial charge in [-0.15, -0.1) is 0 Å². The van der Waals surface area contributed by atoms with E-state index < -0.39 is 0 Å². The van der Waals surface area contributed by atoms with Crippen LogP contribution in [-0.2, 0) is 11.2 Å². The van der Waals surface area contributed by atoms with E-state index in [9.17, 15) is 4.39 Å². The molecule has 0 amide bonds. The highest BCUT2D eigenvalue weighted by Crippen LogP contribution is 2.31. The summed E-state index contributed by atoms with van der Waals surface area (Å²) in [6.07, 6.45) is 2.82. The lowest BCUT2D eigenvalue weighted by atomic mass is 9.76. The average molecular weight is 346 g/mol. The van der Waals surface area contributed by atoms with Crippen molar-refractivity contribution in [1.29, 1.82) is 0 Å². The number of halogens is 2. The number of methoxy groups -OCH3 is 1. The normalized spacial score (nSPS) is 11.8. The molecular formula is C16H25BrFNO. The molecule has 2 nitrogen and oxygen atoms in total. The molecule has 0 aliphatic carbocycles. The summed E-state index contributed by atoms with van der Waals surface area (Å²) in [5.74, 6) is -0.123. The third-order valence-electron chi connectivity index (χ3n) is 4.06. The molecule has 0 spiro atoms. The minimum atomic E-state index is -0.123. The zero-order valence-electron chi connectivity index (χ0n) is 12.6. The summed E-state index contributed by atoms with van der Waals surface area (Å²) >= 11 is 3.30. The third-order valence-corrected chi connectivity index (χ3v) is 4.56. The highest BCUT2D eigenvalue weighted by molar-refractivity contribution is 9.10. The molecule has 0 aliphatic heterocycles. The molecule has 20 heavy (non-hydrogen) atoms. The quantitative estimate of drug-likeness (QED) is 0.678. The molecule has 1 rings (SSSR count). The van der Waals surface area contributed by atoms with E-state index in [1.165, 1.54) is 0 Å². The second-order valence-corrected chi connectivity index (χ2v) is 6.20. The van der Waals surface area contributed by atoms with Gasteiger partial charge in [0.05, 0.1) is 6.61 Å². The van der Waals surface area contributed by atoms with Gasteiger partial charge in [0.1, 0.15) is 5.82 Å². The van der Waals surface area contributed by atoms with Crippen LogP contribution < -0.4 is 5.32 Å². The Morgan fingerprint density at radius 1 is 1.30 bits per heavy atom. The van der Waals surface area contributed by atoms with Gasteiger partial charge >= 0.3 is 0 Å². The highest BCUT2D eigenvalue weighted by atomic mass is 79.9. The fraction of sp³-hybridized carbons (Fsp3) is 0.625. The van der Waals surface area contributed by atoms with Gasteiger partial charge in [0.25, 0.3) is 0 Å². The Kier molecular flexibility index (Phi) is 7.70. The van der Waals surface area contributed by atoms with Gasteiger partial charge in [0, 0.05) is 24.7 Å². The maximum atomic E-state index is 14.0. The first-order valence-corrected chi connectivity index (χ1v) is 8.00. The van der Waals surface area contributed by atoms with E-state index in [-0.39, 0.29) is 11.2 Å². The van der Waals surface area contributed by atoms with Crippen LogP contribution >= 0.6 is 15.9 Å². The largest absolute Gasteiger partial charge is 0.383 e. The molecule has 0 saturated heterocycles. The van der Waals surface area contributed by atoms with Gasteiger partial charge in [-0.3, -0.25) is 0 Å². The van der Waals surface area contributed by atoms with Gasteiger partial charge < -0.3 is 10.1 Å². The Morgan fingerprint density at radius 3 is 2.55 bits per heavy atom. The molecule has 0 aliphatic rings. The van der Waals surface area contributed by atoms with Crippen molar-refractivity contribution in [3.8, 4) is 0 Å². The number of nitrogens with one attached hydrogen (secondary N) is 1. The Bertz CT molecular complexity index is 407. The molecule has 0 radical (unpaired) electrons. The predicted octanol–water partition coefficient (Wildman–Crippen LogP) is 4.17. The molecule has 1 aromatic rings. The minimum Gasteiger partial charge on any atom is -0.383 e. The second kappa shape index (κ2) is 8.75. The van der Waals surface area contributed by atoms with E-state index in [1.54, 1.807) is 13.2 Å². The summed E-state index contributed by atoms with van der Waals surface area (Å²) in [5, 5.41) is 3.42. The molecular weight excluding hydrogens is 321 g/mol. The first-order chi connectivity index (χ1) is 9.56. The van der Waals surface area contributed by atoms with Crippen LogP contribution in [0.4, 0.5) is 4.39 Å². The summed E-state index contributed by atoms with van der Waals surface area (Å²) in [5.41, 5.74) is 0.896. The molecule has 4 heteroatoms. The monoisotopic (exact) mass is 345 g/mol. The van der Waals surface area contributed by atoms with Gasteiger partial charge in [-0.1, -0.05) is 35.8 Å². The lowest BCUT2D eigenvalue weighted by Crippen LogP contribution is -2.37. The van der Waals surface area contributed by atoms with Crippen molar-refractivity contribution in [3.63, 3.8) is 0 Å². The van der Waals surface area contributed by atoms with Crippen LogP contribution in [0.5, 0.6) is 0 Å². The zero-order chi connectivity index (χ0) is 15.0. The predicted molar refractivity (Wildman–Crippen MR) is 85.6 cm³/mol. The third kappa shape index (κ3) is 5.15. The summed E-state index contributed by atoms with van der Waals surface area (Å²) in [4.78, 5) is 0. The van der Waals surface area contributed by atoms with Gasteiger partial charge in [-0.05, 0) is 42.4 Å². The average Bonchev–Trinajstić information content (AvgIpc) is 2.45. The van der Waals surface area contributed by atoms with Crippen molar-refractivity contribution < 1.29 is 9.13 Å². The molecule has 114 valence electrons. The number of benzene rings is 1. The number of rotatable bonds is 9. The van der Waals surface area contributed by atoms with Crippen molar-refractivity contribution in [2.24, 2.45) is 5.41 Å². The van der Waals surface area contributed by atoms with Crippen LogP contribution in [0.15, 0.2) is 22.7 Å². The maximum absolute atomic E-state index is 14.0. The van der Waals surface area contributed by atoms with Crippen LogP contribution in [0.3, 0.4) is 0 Å². The smallest absolute Gasteiger partial charge is 0.127 e. The Morgan fingerprint density at radius 2 is 2.00 bits per heavy atom. The molecule has 0 fully saturated rings. The van der Waals surface area contributed by atoms with E-state index in [1.807, 2.05) is 12.1 Å². The van der Waals surface area contributed by atoms with Gasteiger partial charge in [-0.25, -0.2) is 4.39 Å². The van der Waals surface area contributed by atoms with E-state index in [0.717, 1.165) is 42.4 Å². The number of hydrogen-bond donors (Lipinski definition) is 1. The Balaban J connectivity index is 2.74. The summed E-state index contributed by atoms with van der Waals surface area (Å²) in [6, 6.07) is 5.34. The molecule has 0 unspecified atom stereocenters. The van der Waals surface area contributed by atoms with E-state index >= 15 is 0 Å². The van der Waals surface area contributed by atoms with Crippen LogP contribution in [0, 0.1) is 11.2 Å². The van der Waals surface area contributed by atoms with Crippen molar-refractivity contribution in [1.82, 2.24) is 5.32 Å². The minimum absolute atomic E-state index is 0.0996. The van der Waals surface area contributed by atoms with Gasteiger partial charge in [-0.2, -0.15) is 0 Å². The first kappa shape index (κ1) is 17.6. The van der Waals surface area contributed by atoms with E-state index in [0.29, 0.717) is 6.61 Å². The molecule has 0 bridgehead atoms. The second-order valence-electron chi connectivity index (χ2n) is 5.29. The van der Waals surface area contributed by atoms with Crippen LogP contribution in [0.1, 0.15) is 32.3 Å². The van der Waals surface area contributed by atoms with Crippen LogP contribution in [0.25, 0.3) is 0 Å². The molecule has 1 aromatic carbocycles. The molecule has 0 atom stereocenters. The fourth-order valence-corrected chi connectivity index (χ4v) is 2.74. The van der Waals surface area contributed by atoms with Crippen LogP contribution in [-0.4, -0.2) is 26.8 Å². The molecule has 1 N–H and O–H groups in total. The first-order valence-electron chi connectivity index (χ1n) is 7.20. The summed E-state index contributed by atoms with van der Waals surface area (Å²) < 4.78 is 19.9. The molecule has 0 aromatic heterocycles. The van der Waals surface area contributed by atoms with Crippen molar-refractivity contribution >= 4 is 15.9 Å². The summed E-state index contributed by atoms with van der Waals surface area (Å²) in [7, 11) is 1.70. The lowest BCUT2D eigenvalue weighted by molar-refractivity contribution is 0.185. The lowest BCUT2D eigenvalue weighted by Gasteiger charge is -2.32.